The van der Waals surface area contributed by atoms with E-state index in [2.05, 4.69) is 39.4 Å². The molecule has 0 aromatic heterocycles. The van der Waals surface area contributed by atoms with Crippen LogP contribution < -0.4 is 10.2 Å². The van der Waals surface area contributed by atoms with Crippen molar-refractivity contribution in [2.75, 3.05) is 42.9 Å². The predicted molar refractivity (Wildman–Crippen MR) is 108 cm³/mol. The van der Waals surface area contributed by atoms with E-state index in [9.17, 15) is 10.1 Å². The lowest BCUT2D eigenvalue weighted by Gasteiger charge is -2.36. The molecule has 1 saturated carbocycles. The third-order valence-electron chi connectivity index (χ3n) is 5.46. The minimum Gasteiger partial charge on any atom is -0.381 e. The van der Waals surface area contributed by atoms with Crippen molar-refractivity contribution in [3.05, 3.63) is 64.2 Å². The summed E-state index contributed by atoms with van der Waals surface area (Å²) in [5.74, 6) is 0.971. The predicted octanol–water partition coefficient (Wildman–Crippen LogP) is 3.74. The van der Waals surface area contributed by atoms with Crippen molar-refractivity contribution in [2.45, 2.75) is 19.4 Å². The highest BCUT2D eigenvalue weighted by Gasteiger charge is 2.26. The normalized spacial score (nSPS) is 17.7. The fourth-order valence-electron chi connectivity index (χ4n) is 3.58. The van der Waals surface area contributed by atoms with Gasteiger partial charge in [-0.2, -0.15) is 0 Å². The van der Waals surface area contributed by atoms with Gasteiger partial charge in [-0.1, -0.05) is 12.1 Å². The first-order valence-electron chi connectivity index (χ1n) is 9.72. The van der Waals surface area contributed by atoms with Gasteiger partial charge >= 0.3 is 0 Å². The van der Waals surface area contributed by atoms with Crippen LogP contribution in [0.4, 0.5) is 17.1 Å². The van der Waals surface area contributed by atoms with E-state index in [4.69, 9.17) is 0 Å². The van der Waals surface area contributed by atoms with Gasteiger partial charge in [-0.05, 0) is 48.6 Å². The number of nitro benzene ring substituents is 1. The van der Waals surface area contributed by atoms with Crippen LogP contribution >= 0.6 is 0 Å². The van der Waals surface area contributed by atoms with Crippen LogP contribution in [0.5, 0.6) is 0 Å². The van der Waals surface area contributed by atoms with Crippen LogP contribution in [0.1, 0.15) is 18.4 Å². The molecule has 0 amide bonds. The lowest BCUT2D eigenvalue weighted by molar-refractivity contribution is -0.384. The summed E-state index contributed by atoms with van der Waals surface area (Å²) < 4.78 is 0. The number of non-ortho nitro benzene ring substituents is 1. The maximum Gasteiger partial charge on any atom is 0.269 e. The van der Waals surface area contributed by atoms with Crippen LogP contribution in [0.2, 0.25) is 0 Å². The van der Waals surface area contributed by atoms with Gasteiger partial charge in [0.15, 0.2) is 0 Å². The number of rotatable bonds is 7. The Morgan fingerprint density at radius 2 is 1.63 bits per heavy atom. The summed E-state index contributed by atoms with van der Waals surface area (Å²) in [6, 6.07) is 15.2. The third kappa shape index (κ3) is 4.77. The van der Waals surface area contributed by atoms with Crippen molar-refractivity contribution >= 4 is 17.1 Å². The molecule has 1 saturated heterocycles. The van der Waals surface area contributed by atoms with Crippen molar-refractivity contribution in [1.82, 2.24) is 4.90 Å². The van der Waals surface area contributed by atoms with E-state index < -0.39 is 0 Å². The van der Waals surface area contributed by atoms with E-state index in [1.54, 1.807) is 12.1 Å². The standard InChI is InChI=1S/C21H26N4O2/c26-25(27)21-9-5-19(6-10-21)22-15-17-3-7-20(8-4-17)24-13-11-23(12-14-24)16-18-1-2-18/h3-10,18,22H,1-2,11-16H2. The molecule has 0 bridgehead atoms. The molecule has 1 aliphatic carbocycles. The van der Waals surface area contributed by atoms with Crippen LogP contribution in [0.3, 0.4) is 0 Å². The first-order chi connectivity index (χ1) is 13.2. The molecule has 4 rings (SSSR count). The van der Waals surface area contributed by atoms with E-state index in [1.165, 1.54) is 55.9 Å². The smallest absolute Gasteiger partial charge is 0.269 e. The minimum atomic E-state index is -0.381. The minimum absolute atomic E-state index is 0.113. The van der Waals surface area contributed by atoms with Gasteiger partial charge in [-0.25, -0.2) is 0 Å². The summed E-state index contributed by atoms with van der Waals surface area (Å²) in [6.45, 7) is 6.54. The maximum atomic E-state index is 10.7. The molecule has 2 aromatic carbocycles. The van der Waals surface area contributed by atoms with Gasteiger partial charge in [0.2, 0.25) is 0 Å². The van der Waals surface area contributed by atoms with Gasteiger partial charge in [0, 0.05) is 62.8 Å². The quantitative estimate of drug-likeness (QED) is 0.597. The number of anilines is 2. The maximum absolute atomic E-state index is 10.7. The van der Waals surface area contributed by atoms with E-state index in [1.807, 2.05) is 0 Å². The number of nitro groups is 1. The Morgan fingerprint density at radius 1 is 0.963 bits per heavy atom. The molecule has 1 aliphatic heterocycles. The monoisotopic (exact) mass is 366 g/mol. The van der Waals surface area contributed by atoms with Crippen molar-refractivity contribution in [1.29, 1.82) is 0 Å². The highest BCUT2D eigenvalue weighted by molar-refractivity contribution is 5.51. The Hall–Kier alpha value is -2.60. The van der Waals surface area contributed by atoms with Crippen LogP contribution in [0.15, 0.2) is 48.5 Å². The van der Waals surface area contributed by atoms with Crippen LogP contribution in [-0.4, -0.2) is 42.5 Å². The van der Waals surface area contributed by atoms with Crippen molar-refractivity contribution in [3.63, 3.8) is 0 Å². The Kier molecular flexibility index (Phi) is 5.25. The lowest BCUT2D eigenvalue weighted by Crippen LogP contribution is -2.47. The van der Waals surface area contributed by atoms with Gasteiger partial charge < -0.3 is 10.2 Å². The summed E-state index contributed by atoms with van der Waals surface area (Å²) in [4.78, 5) is 15.4. The number of hydrogen-bond acceptors (Lipinski definition) is 5. The average Bonchev–Trinajstić information content (AvgIpc) is 3.52. The molecule has 0 radical (unpaired) electrons. The summed E-state index contributed by atoms with van der Waals surface area (Å²) >= 11 is 0. The summed E-state index contributed by atoms with van der Waals surface area (Å²) in [7, 11) is 0. The number of benzene rings is 2. The van der Waals surface area contributed by atoms with Gasteiger partial charge in [0.25, 0.3) is 5.69 Å². The molecule has 0 unspecified atom stereocenters. The SMILES string of the molecule is O=[N+]([O-])c1ccc(NCc2ccc(N3CCN(CC4CC4)CC3)cc2)cc1. The van der Waals surface area contributed by atoms with Crippen LogP contribution in [0, 0.1) is 16.0 Å². The average molecular weight is 366 g/mol. The molecule has 2 fully saturated rings. The fourth-order valence-corrected chi connectivity index (χ4v) is 3.58. The highest BCUT2D eigenvalue weighted by Crippen LogP contribution is 2.30. The van der Waals surface area contributed by atoms with Gasteiger partial charge in [-0.3, -0.25) is 15.0 Å². The molecule has 0 spiro atoms. The summed E-state index contributed by atoms with van der Waals surface area (Å²) in [6.07, 6.45) is 2.85. The second-order valence-electron chi connectivity index (χ2n) is 7.56. The zero-order valence-corrected chi connectivity index (χ0v) is 15.5. The largest absolute Gasteiger partial charge is 0.381 e. The Bertz CT molecular complexity index is 764. The number of hydrogen-bond donors (Lipinski definition) is 1. The van der Waals surface area contributed by atoms with Crippen molar-refractivity contribution in [3.8, 4) is 0 Å². The van der Waals surface area contributed by atoms with E-state index in [0.717, 1.165) is 24.7 Å². The first-order valence-corrected chi connectivity index (χ1v) is 9.72. The van der Waals surface area contributed by atoms with E-state index >= 15 is 0 Å². The number of nitrogens with zero attached hydrogens (tertiary/aromatic N) is 3. The second-order valence-corrected chi connectivity index (χ2v) is 7.56. The third-order valence-corrected chi connectivity index (χ3v) is 5.46. The zero-order chi connectivity index (χ0) is 18.6. The van der Waals surface area contributed by atoms with Crippen LogP contribution in [-0.2, 0) is 6.54 Å². The molecular formula is C21H26N4O2. The van der Waals surface area contributed by atoms with Gasteiger partial charge in [-0.15, -0.1) is 0 Å². The lowest BCUT2D eigenvalue weighted by atomic mass is 10.1. The van der Waals surface area contributed by atoms with Crippen molar-refractivity contribution < 1.29 is 4.92 Å². The second kappa shape index (κ2) is 7.96. The Labute approximate surface area is 159 Å². The first kappa shape index (κ1) is 17.8. The highest BCUT2D eigenvalue weighted by atomic mass is 16.6. The molecule has 27 heavy (non-hydrogen) atoms. The van der Waals surface area contributed by atoms with Gasteiger partial charge in [0.05, 0.1) is 4.92 Å². The zero-order valence-electron chi connectivity index (χ0n) is 15.5. The topological polar surface area (TPSA) is 61.7 Å². The molecule has 6 nitrogen and oxygen atoms in total. The van der Waals surface area contributed by atoms with E-state index in [0.29, 0.717) is 6.54 Å². The molecule has 6 heteroatoms. The molecular weight excluding hydrogens is 340 g/mol. The van der Waals surface area contributed by atoms with E-state index in [-0.39, 0.29) is 10.6 Å². The molecule has 1 heterocycles. The Balaban J connectivity index is 1.26. The number of nitrogens with one attached hydrogen (secondary N) is 1. The summed E-state index contributed by atoms with van der Waals surface area (Å²) in [5, 5.41) is 14.0. The molecule has 142 valence electrons. The van der Waals surface area contributed by atoms with Gasteiger partial charge in [0.1, 0.15) is 0 Å². The van der Waals surface area contributed by atoms with Crippen LogP contribution in [0.25, 0.3) is 0 Å². The van der Waals surface area contributed by atoms with Crippen molar-refractivity contribution in [2.24, 2.45) is 5.92 Å². The Morgan fingerprint density at radius 3 is 2.22 bits per heavy atom. The summed E-state index contributed by atoms with van der Waals surface area (Å²) in [5.41, 5.74) is 3.49. The molecule has 2 aromatic rings. The molecule has 2 aliphatic rings. The molecule has 0 atom stereocenters. The molecule has 1 N–H and O–H groups in total. The number of piperazine rings is 1. The fraction of sp³-hybridized carbons (Fsp3) is 0.429.